The molecule has 3 nitrogen and oxygen atoms in total. The third-order valence-electron chi connectivity index (χ3n) is 2.53. The molecule has 0 bridgehead atoms. The van der Waals surface area contributed by atoms with E-state index in [1.807, 2.05) is 18.2 Å². The van der Waals surface area contributed by atoms with Gasteiger partial charge in [0.2, 0.25) is 0 Å². The maximum atomic E-state index is 5.75. The molecule has 0 spiro atoms. The molecular formula is C13H22N2O. The number of rotatable bonds is 6. The van der Waals surface area contributed by atoms with Crippen LogP contribution in [0.25, 0.3) is 0 Å². The summed E-state index contributed by atoms with van der Waals surface area (Å²) in [6.07, 6.45) is 2.26. The van der Waals surface area contributed by atoms with Crippen LogP contribution in [0, 0.1) is 0 Å². The lowest BCUT2D eigenvalue weighted by Crippen LogP contribution is -2.25. The topological polar surface area (TPSA) is 38.5 Å². The molecule has 2 N–H and O–H groups in total. The minimum Gasteiger partial charge on any atom is -0.495 e. The van der Waals surface area contributed by atoms with E-state index in [2.05, 4.69) is 18.7 Å². The highest BCUT2D eigenvalue weighted by Crippen LogP contribution is 2.30. The molecule has 1 aromatic rings. The zero-order valence-corrected chi connectivity index (χ0v) is 10.5. The van der Waals surface area contributed by atoms with Crippen molar-refractivity contribution in [1.82, 2.24) is 0 Å². The van der Waals surface area contributed by atoms with E-state index in [1.54, 1.807) is 7.11 Å². The fourth-order valence-corrected chi connectivity index (χ4v) is 1.85. The van der Waals surface area contributed by atoms with Gasteiger partial charge in [-0.05, 0) is 25.0 Å². The first-order valence-electron chi connectivity index (χ1n) is 5.91. The summed E-state index contributed by atoms with van der Waals surface area (Å²) in [5.41, 5.74) is 7.64. The van der Waals surface area contributed by atoms with Crippen LogP contribution in [0.3, 0.4) is 0 Å². The van der Waals surface area contributed by atoms with Gasteiger partial charge in [0.15, 0.2) is 0 Å². The molecule has 0 aliphatic rings. The average molecular weight is 222 g/mol. The summed E-state index contributed by atoms with van der Waals surface area (Å²) >= 11 is 0. The van der Waals surface area contributed by atoms with Gasteiger partial charge in [0.25, 0.3) is 0 Å². The molecule has 0 fully saturated rings. The lowest BCUT2D eigenvalue weighted by molar-refractivity contribution is 0.414. The van der Waals surface area contributed by atoms with Crippen molar-refractivity contribution in [3.63, 3.8) is 0 Å². The second kappa shape index (κ2) is 6.26. The van der Waals surface area contributed by atoms with Crippen molar-refractivity contribution < 1.29 is 4.74 Å². The van der Waals surface area contributed by atoms with E-state index in [0.717, 1.165) is 43.1 Å². The molecule has 1 aromatic carbocycles. The van der Waals surface area contributed by atoms with Crippen molar-refractivity contribution in [2.75, 3.05) is 30.8 Å². The van der Waals surface area contributed by atoms with Crippen LogP contribution in [0.2, 0.25) is 0 Å². The molecule has 0 heterocycles. The minimum absolute atomic E-state index is 0.744. The number of hydrogen-bond donors (Lipinski definition) is 1. The van der Waals surface area contributed by atoms with Gasteiger partial charge in [-0.2, -0.15) is 0 Å². The highest BCUT2D eigenvalue weighted by molar-refractivity contribution is 5.64. The number of nitrogens with zero attached hydrogens (tertiary/aromatic N) is 1. The van der Waals surface area contributed by atoms with Crippen LogP contribution in [-0.2, 0) is 0 Å². The first kappa shape index (κ1) is 12.7. The van der Waals surface area contributed by atoms with E-state index in [9.17, 15) is 0 Å². The summed E-state index contributed by atoms with van der Waals surface area (Å²) in [5.74, 6) is 0.863. The summed E-state index contributed by atoms with van der Waals surface area (Å²) < 4.78 is 5.38. The zero-order valence-electron chi connectivity index (χ0n) is 10.5. The van der Waals surface area contributed by atoms with E-state index in [4.69, 9.17) is 10.5 Å². The van der Waals surface area contributed by atoms with Gasteiger partial charge < -0.3 is 15.4 Å². The summed E-state index contributed by atoms with van der Waals surface area (Å²) in [7, 11) is 1.69. The highest BCUT2D eigenvalue weighted by atomic mass is 16.5. The highest BCUT2D eigenvalue weighted by Gasteiger charge is 2.10. The van der Waals surface area contributed by atoms with Crippen LogP contribution in [0.4, 0.5) is 11.4 Å². The molecular weight excluding hydrogens is 200 g/mol. The molecule has 0 aliphatic heterocycles. The zero-order chi connectivity index (χ0) is 12.0. The predicted octanol–water partition coefficient (Wildman–Crippen LogP) is 2.90. The number of nitrogen functional groups attached to an aromatic ring is 1. The Labute approximate surface area is 98.2 Å². The normalized spacial score (nSPS) is 10.2. The van der Waals surface area contributed by atoms with E-state index >= 15 is 0 Å². The summed E-state index contributed by atoms with van der Waals surface area (Å²) in [5, 5.41) is 0. The fourth-order valence-electron chi connectivity index (χ4n) is 1.85. The molecule has 0 unspecified atom stereocenters. The lowest BCUT2D eigenvalue weighted by atomic mass is 10.2. The van der Waals surface area contributed by atoms with Crippen LogP contribution < -0.4 is 15.4 Å². The Morgan fingerprint density at radius 2 is 1.81 bits per heavy atom. The molecule has 16 heavy (non-hydrogen) atoms. The van der Waals surface area contributed by atoms with Gasteiger partial charge in [-0.1, -0.05) is 13.8 Å². The van der Waals surface area contributed by atoms with Gasteiger partial charge in [0, 0.05) is 24.8 Å². The van der Waals surface area contributed by atoms with Crippen molar-refractivity contribution in [2.45, 2.75) is 26.7 Å². The number of ether oxygens (including phenoxy) is 1. The lowest BCUT2D eigenvalue weighted by Gasteiger charge is -2.25. The van der Waals surface area contributed by atoms with Crippen LogP contribution >= 0.6 is 0 Å². The fraction of sp³-hybridized carbons (Fsp3) is 0.538. The SMILES string of the molecule is CCCN(CCC)c1ccc(N)cc1OC. The second-order valence-electron chi connectivity index (χ2n) is 3.92. The van der Waals surface area contributed by atoms with Gasteiger partial charge >= 0.3 is 0 Å². The maximum absolute atomic E-state index is 5.75. The third kappa shape index (κ3) is 3.05. The summed E-state index contributed by atoms with van der Waals surface area (Å²) in [6, 6.07) is 5.85. The van der Waals surface area contributed by atoms with E-state index in [-0.39, 0.29) is 0 Å². The second-order valence-corrected chi connectivity index (χ2v) is 3.92. The standard InChI is InChI=1S/C13H22N2O/c1-4-8-15(9-5-2)12-7-6-11(14)10-13(12)16-3/h6-7,10H,4-5,8-9,14H2,1-3H3. The van der Waals surface area contributed by atoms with Crippen LogP contribution in [-0.4, -0.2) is 20.2 Å². The molecule has 0 atom stereocenters. The maximum Gasteiger partial charge on any atom is 0.144 e. The van der Waals surface area contributed by atoms with E-state index in [0.29, 0.717) is 0 Å². The Balaban J connectivity index is 2.97. The third-order valence-corrected chi connectivity index (χ3v) is 2.53. The van der Waals surface area contributed by atoms with Crippen molar-refractivity contribution in [1.29, 1.82) is 0 Å². The van der Waals surface area contributed by atoms with Crippen LogP contribution in [0.5, 0.6) is 5.75 Å². The number of methoxy groups -OCH3 is 1. The Morgan fingerprint density at radius 1 is 1.19 bits per heavy atom. The molecule has 0 saturated carbocycles. The van der Waals surface area contributed by atoms with Crippen molar-refractivity contribution in [3.8, 4) is 5.75 Å². The smallest absolute Gasteiger partial charge is 0.144 e. The number of benzene rings is 1. The molecule has 0 aliphatic carbocycles. The number of anilines is 2. The quantitative estimate of drug-likeness (QED) is 0.752. The number of nitrogens with two attached hydrogens (primary N) is 1. The van der Waals surface area contributed by atoms with Crippen LogP contribution in [0.1, 0.15) is 26.7 Å². The van der Waals surface area contributed by atoms with Gasteiger partial charge in [-0.3, -0.25) is 0 Å². The molecule has 1 rings (SSSR count). The Hall–Kier alpha value is -1.38. The molecule has 0 amide bonds. The molecule has 90 valence electrons. The predicted molar refractivity (Wildman–Crippen MR) is 70.2 cm³/mol. The summed E-state index contributed by atoms with van der Waals surface area (Å²) in [6.45, 7) is 6.47. The van der Waals surface area contributed by atoms with Crippen molar-refractivity contribution in [3.05, 3.63) is 18.2 Å². The van der Waals surface area contributed by atoms with E-state index < -0.39 is 0 Å². The molecule has 0 radical (unpaired) electrons. The molecule has 3 heteroatoms. The Kier molecular flexibility index (Phi) is 4.96. The average Bonchev–Trinajstić information content (AvgIpc) is 2.28. The molecule has 0 saturated heterocycles. The van der Waals surface area contributed by atoms with Gasteiger partial charge in [-0.15, -0.1) is 0 Å². The van der Waals surface area contributed by atoms with Gasteiger partial charge in [0.1, 0.15) is 5.75 Å². The molecule has 0 aromatic heterocycles. The Morgan fingerprint density at radius 3 is 2.31 bits per heavy atom. The monoisotopic (exact) mass is 222 g/mol. The van der Waals surface area contributed by atoms with Gasteiger partial charge in [0.05, 0.1) is 12.8 Å². The Bertz CT molecular complexity index is 320. The number of hydrogen-bond acceptors (Lipinski definition) is 3. The summed E-state index contributed by atoms with van der Waals surface area (Å²) in [4.78, 5) is 2.35. The first-order chi connectivity index (χ1) is 7.72. The van der Waals surface area contributed by atoms with Gasteiger partial charge in [-0.25, -0.2) is 0 Å². The largest absolute Gasteiger partial charge is 0.495 e. The first-order valence-corrected chi connectivity index (χ1v) is 5.91. The van der Waals surface area contributed by atoms with Crippen molar-refractivity contribution >= 4 is 11.4 Å². The van der Waals surface area contributed by atoms with Crippen LogP contribution in [0.15, 0.2) is 18.2 Å². The minimum atomic E-state index is 0.744. The van der Waals surface area contributed by atoms with Crippen molar-refractivity contribution in [2.24, 2.45) is 0 Å². The van der Waals surface area contributed by atoms with E-state index in [1.165, 1.54) is 0 Å².